The summed E-state index contributed by atoms with van der Waals surface area (Å²) in [5.41, 5.74) is 1.85. The van der Waals surface area contributed by atoms with E-state index in [9.17, 15) is 0 Å². The number of nitrogens with zero attached hydrogens (tertiary/aromatic N) is 2. The third-order valence-electron chi connectivity index (χ3n) is 3.48. The summed E-state index contributed by atoms with van der Waals surface area (Å²) in [5, 5.41) is 17.8. The van der Waals surface area contributed by atoms with E-state index in [2.05, 4.69) is 12.1 Å². The highest BCUT2D eigenvalue weighted by Gasteiger charge is 2.58. The molecule has 1 saturated carbocycles. The first-order valence-corrected chi connectivity index (χ1v) is 4.59. The Labute approximate surface area is 76.8 Å². The van der Waals surface area contributed by atoms with Crippen molar-refractivity contribution in [1.82, 2.24) is 0 Å². The highest BCUT2D eigenvalue weighted by Crippen LogP contribution is 2.63. The van der Waals surface area contributed by atoms with Crippen LogP contribution in [0.2, 0.25) is 0 Å². The molecule has 0 radical (unpaired) electrons. The van der Waals surface area contributed by atoms with Crippen LogP contribution >= 0.6 is 0 Å². The zero-order valence-electron chi connectivity index (χ0n) is 7.07. The summed E-state index contributed by atoms with van der Waals surface area (Å²) in [4.78, 5) is 0. The topological polar surface area (TPSA) is 47.6 Å². The van der Waals surface area contributed by atoms with E-state index >= 15 is 0 Å². The van der Waals surface area contributed by atoms with Crippen LogP contribution in [0.5, 0.6) is 0 Å². The van der Waals surface area contributed by atoms with E-state index in [1.165, 1.54) is 0 Å². The third kappa shape index (κ3) is 0.711. The molecule has 2 atom stereocenters. The molecule has 3 aliphatic rings. The highest BCUT2D eigenvalue weighted by molar-refractivity contribution is 5.48. The monoisotopic (exact) mass is 168 g/mol. The first-order valence-electron chi connectivity index (χ1n) is 4.59. The fourth-order valence-electron chi connectivity index (χ4n) is 2.92. The third-order valence-corrected chi connectivity index (χ3v) is 3.48. The first-order chi connectivity index (χ1) is 6.35. The van der Waals surface area contributed by atoms with Gasteiger partial charge in [0, 0.05) is 23.0 Å². The predicted molar refractivity (Wildman–Crippen MR) is 46.0 cm³/mol. The van der Waals surface area contributed by atoms with Gasteiger partial charge in [0.05, 0.1) is 12.1 Å². The van der Waals surface area contributed by atoms with E-state index in [0.717, 1.165) is 17.6 Å². The SMILES string of the molecule is N#CC1=CC2C=C(C#N)C3C(C2)C13. The Morgan fingerprint density at radius 3 is 2.08 bits per heavy atom. The van der Waals surface area contributed by atoms with Crippen LogP contribution in [0.25, 0.3) is 0 Å². The van der Waals surface area contributed by atoms with Gasteiger partial charge < -0.3 is 0 Å². The van der Waals surface area contributed by atoms with Crippen molar-refractivity contribution in [2.45, 2.75) is 6.42 Å². The molecule has 2 unspecified atom stereocenters. The van der Waals surface area contributed by atoms with Crippen LogP contribution in [0.15, 0.2) is 23.3 Å². The molecule has 0 aliphatic heterocycles. The lowest BCUT2D eigenvalue weighted by Gasteiger charge is -2.15. The van der Waals surface area contributed by atoms with Gasteiger partial charge >= 0.3 is 0 Å². The lowest BCUT2D eigenvalue weighted by Crippen LogP contribution is -2.06. The van der Waals surface area contributed by atoms with Gasteiger partial charge in [-0.2, -0.15) is 10.5 Å². The molecule has 0 aromatic rings. The summed E-state index contributed by atoms with van der Waals surface area (Å²) in [7, 11) is 0. The minimum Gasteiger partial charge on any atom is -0.193 e. The molecule has 0 aromatic heterocycles. The molecule has 1 fully saturated rings. The van der Waals surface area contributed by atoms with Crippen molar-refractivity contribution < 1.29 is 0 Å². The quantitative estimate of drug-likeness (QED) is 0.553. The fraction of sp³-hybridized carbons (Fsp3) is 0.455. The summed E-state index contributed by atoms with van der Waals surface area (Å²) in [6.07, 6.45) is 5.25. The van der Waals surface area contributed by atoms with Crippen LogP contribution in [0.3, 0.4) is 0 Å². The van der Waals surface area contributed by atoms with Gasteiger partial charge in [-0.1, -0.05) is 12.2 Å². The summed E-state index contributed by atoms with van der Waals surface area (Å²) < 4.78 is 0. The lowest BCUT2D eigenvalue weighted by atomic mass is 9.88. The zero-order valence-corrected chi connectivity index (χ0v) is 7.07. The summed E-state index contributed by atoms with van der Waals surface area (Å²) >= 11 is 0. The van der Waals surface area contributed by atoms with Crippen LogP contribution in [0.4, 0.5) is 0 Å². The van der Waals surface area contributed by atoms with Gasteiger partial charge in [-0.3, -0.25) is 0 Å². The minimum absolute atomic E-state index is 0.365. The van der Waals surface area contributed by atoms with E-state index in [1.54, 1.807) is 0 Å². The summed E-state index contributed by atoms with van der Waals surface area (Å²) in [5.74, 6) is 1.78. The van der Waals surface area contributed by atoms with E-state index in [-0.39, 0.29) is 0 Å². The van der Waals surface area contributed by atoms with Crippen molar-refractivity contribution in [3.8, 4) is 12.1 Å². The maximum absolute atomic E-state index is 8.89. The van der Waals surface area contributed by atoms with Gasteiger partial charge in [-0.25, -0.2) is 0 Å². The fourth-order valence-corrected chi connectivity index (χ4v) is 2.92. The maximum Gasteiger partial charge on any atom is 0.0947 e. The van der Waals surface area contributed by atoms with Crippen molar-refractivity contribution >= 4 is 0 Å². The van der Waals surface area contributed by atoms with Gasteiger partial charge in [0.15, 0.2) is 0 Å². The second kappa shape index (κ2) is 2.03. The van der Waals surface area contributed by atoms with Crippen LogP contribution in [-0.4, -0.2) is 0 Å². The Balaban J connectivity index is 2.09. The van der Waals surface area contributed by atoms with Crippen molar-refractivity contribution in [1.29, 1.82) is 10.5 Å². The number of fused-ring (bicyclic) bond motifs is 2. The number of hydrogen-bond donors (Lipinski definition) is 0. The van der Waals surface area contributed by atoms with Gasteiger partial charge in [-0.15, -0.1) is 0 Å². The van der Waals surface area contributed by atoms with Gasteiger partial charge in [0.2, 0.25) is 0 Å². The Kier molecular flexibility index (Phi) is 1.08. The van der Waals surface area contributed by atoms with E-state index in [1.807, 2.05) is 12.2 Å². The van der Waals surface area contributed by atoms with Crippen molar-refractivity contribution in [3.05, 3.63) is 23.3 Å². The molecule has 62 valence electrons. The molecule has 3 rings (SSSR count). The Morgan fingerprint density at radius 1 is 1.08 bits per heavy atom. The minimum atomic E-state index is 0.365. The summed E-state index contributed by atoms with van der Waals surface area (Å²) in [6, 6.07) is 4.52. The number of hydrogen-bond acceptors (Lipinski definition) is 2. The molecular weight excluding hydrogens is 160 g/mol. The molecule has 2 heteroatoms. The Morgan fingerprint density at radius 2 is 1.62 bits per heavy atom. The van der Waals surface area contributed by atoms with Crippen molar-refractivity contribution in [2.24, 2.45) is 23.7 Å². The number of nitriles is 2. The number of allylic oxidation sites excluding steroid dienone is 4. The largest absolute Gasteiger partial charge is 0.193 e. The van der Waals surface area contributed by atoms with Crippen LogP contribution in [-0.2, 0) is 0 Å². The molecule has 0 amide bonds. The van der Waals surface area contributed by atoms with Gasteiger partial charge in [0.25, 0.3) is 0 Å². The highest BCUT2D eigenvalue weighted by atomic mass is 14.6. The molecule has 2 nitrogen and oxygen atoms in total. The standard InChI is InChI=1S/C11H8N2/c12-4-7-1-6-2-8(5-13)11-9(3-6)10(7)11/h1-2,6,9-11H,3H2. The molecule has 2 bridgehead atoms. The molecule has 0 saturated heterocycles. The molecular formula is C11H8N2. The molecule has 0 aromatic carbocycles. The van der Waals surface area contributed by atoms with Crippen molar-refractivity contribution in [2.75, 3.05) is 0 Å². The van der Waals surface area contributed by atoms with Crippen LogP contribution < -0.4 is 0 Å². The van der Waals surface area contributed by atoms with E-state index in [0.29, 0.717) is 23.7 Å². The molecule has 0 spiro atoms. The molecule has 0 N–H and O–H groups in total. The van der Waals surface area contributed by atoms with Crippen molar-refractivity contribution in [3.63, 3.8) is 0 Å². The van der Waals surface area contributed by atoms with Crippen LogP contribution in [0, 0.1) is 46.3 Å². The predicted octanol–water partition coefficient (Wildman–Crippen LogP) is 1.78. The van der Waals surface area contributed by atoms with Gasteiger partial charge in [0.1, 0.15) is 0 Å². The smallest absolute Gasteiger partial charge is 0.0947 e. The second-order valence-corrected chi connectivity index (χ2v) is 4.08. The first kappa shape index (κ1) is 6.92. The number of rotatable bonds is 0. The maximum atomic E-state index is 8.89. The Bertz CT molecular complexity index is 378. The molecule has 13 heavy (non-hydrogen) atoms. The Hall–Kier alpha value is -1.54. The molecule has 3 aliphatic carbocycles. The lowest BCUT2D eigenvalue weighted by molar-refractivity contribution is 0.557. The normalized spacial score (nSPS) is 43.8. The zero-order chi connectivity index (χ0) is 9.00. The second-order valence-electron chi connectivity index (χ2n) is 4.08. The van der Waals surface area contributed by atoms with E-state index < -0.39 is 0 Å². The van der Waals surface area contributed by atoms with E-state index in [4.69, 9.17) is 10.5 Å². The average Bonchev–Trinajstić information content (AvgIpc) is 2.91. The van der Waals surface area contributed by atoms with Gasteiger partial charge in [-0.05, 0) is 18.3 Å². The average molecular weight is 168 g/mol. The molecule has 0 heterocycles. The summed E-state index contributed by atoms with van der Waals surface area (Å²) in [6.45, 7) is 0. The van der Waals surface area contributed by atoms with Crippen LogP contribution in [0.1, 0.15) is 6.42 Å².